The maximum absolute atomic E-state index is 10.9. The zero-order valence-electron chi connectivity index (χ0n) is 9.97. The third kappa shape index (κ3) is 3.05. The first-order valence-electron chi connectivity index (χ1n) is 5.58. The lowest BCUT2D eigenvalue weighted by atomic mass is 10.2. The van der Waals surface area contributed by atoms with Gasteiger partial charge in [-0.2, -0.15) is 0 Å². The van der Waals surface area contributed by atoms with Gasteiger partial charge in [-0.25, -0.2) is 0 Å². The third-order valence-electron chi connectivity index (χ3n) is 2.60. The van der Waals surface area contributed by atoms with Crippen molar-refractivity contribution in [1.82, 2.24) is 0 Å². The number of rotatable bonds is 4. The molecule has 2 aromatic carbocycles. The van der Waals surface area contributed by atoms with Crippen molar-refractivity contribution in [3.05, 3.63) is 58.6 Å². The van der Waals surface area contributed by atoms with Crippen LogP contribution in [0.5, 0.6) is 11.5 Å². The molecule has 0 saturated heterocycles. The molecule has 2 aromatic rings. The van der Waals surface area contributed by atoms with Crippen molar-refractivity contribution < 1.29 is 14.6 Å². The van der Waals surface area contributed by atoms with Crippen LogP contribution < -0.4 is 10.5 Å². The van der Waals surface area contributed by atoms with Crippen LogP contribution in [0.1, 0.15) is 15.9 Å². The molecule has 0 aromatic heterocycles. The number of aliphatic hydroxyl groups is 1. The average molecular weight is 278 g/mol. The second-order valence-electron chi connectivity index (χ2n) is 3.87. The van der Waals surface area contributed by atoms with Crippen molar-refractivity contribution in [1.29, 1.82) is 0 Å². The summed E-state index contributed by atoms with van der Waals surface area (Å²) in [4.78, 5) is 10.9. The Morgan fingerprint density at radius 3 is 2.47 bits per heavy atom. The summed E-state index contributed by atoms with van der Waals surface area (Å²) in [5, 5.41) is 9.71. The van der Waals surface area contributed by atoms with Gasteiger partial charge in [0.25, 0.3) is 0 Å². The average Bonchev–Trinajstić information content (AvgIpc) is 2.39. The highest BCUT2D eigenvalue weighted by Crippen LogP contribution is 2.30. The van der Waals surface area contributed by atoms with Crippen LogP contribution in [0.3, 0.4) is 0 Å². The Balaban J connectivity index is 2.26. The molecule has 1 amide bonds. The highest BCUT2D eigenvalue weighted by molar-refractivity contribution is 6.31. The van der Waals surface area contributed by atoms with Crippen molar-refractivity contribution in [2.45, 2.75) is 6.61 Å². The fraction of sp³-hybridized carbons (Fsp3) is 0.0714. The maximum Gasteiger partial charge on any atom is 0.248 e. The van der Waals surface area contributed by atoms with Crippen LogP contribution in [-0.2, 0) is 6.61 Å². The maximum atomic E-state index is 10.9. The first-order chi connectivity index (χ1) is 9.11. The molecule has 98 valence electrons. The first kappa shape index (κ1) is 13.4. The largest absolute Gasteiger partial charge is 0.457 e. The van der Waals surface area contributed by atoms with E-state index in [1.807, 2.05) is 0 Å². The highest BCUT2D eigenvalue weighted by atomic mass is 35.5. The van der Waals surface area contributed by atoms with Gasteiger partial charge in [0.15, 0.2) is 0 Å². The molecule has 0 radical (unpaired) electrons. The molecule has 19 heavy (non-hydrogen) atoms. The minimum Gasteiger partial charge on any atom is -0.457 e. The Morgan fingerprint density at radius 1 is 1.21 bits per heavy atom. The zero-order chi connectivity index (χ0) is 13.8. The third-order valence-corrected chi connectivity index (χ3v) is 2.95. The summed E-state index contributed by atoms with van der Waals surface area (Å²) in [5.41, 5.74) is 6.07. The smallest absolute Gasteiger partial charge is 0.248 e. The van der Waals surface area contributed by atoms with Crippen molar-refractivity contribution in [2.75, 3.05) is 0 Å². The van der Waals surface area contributed by atoms with Crippen LogP contribution in [0.2, 0.25) is 5.02 Å². The number of ether oxygens (including phenoxy) is 1. The number of hydrogen-bond donors (Lipinski definition) is 2. The Morgan fingerprint density at radius 2 is 1.89 bits per heavy atom. The van der Waals surface area contributed by atoms with E-state index in [0.29, 0.717) is 27.6 Å². The van der Waals surface area contributed by atoms with E-state index in [4.69, 9.17) is 22.1 Å². The van der Waals surface area contributed by atoms with Crippen LogP contribution in [0.15, 0.2) is 42.5 Å². The number of carbonyl (C=O) groups is 1. The van der Waals surface area contributed by atoms with Gasteiger partial charge >= 0.3 is 0 Å². The highest BCUT2D eigenvalue weighted by Gasteiger charge is 2.08. The number of amides is 1. The summed E-state index contributed by atoms with van der Waals surface area (Å²) >= 11 is 5.96. The molecule has 3 N–H and O–H groups in total. The van der Waals surface area contributed by atoms with Gasteiger partial charge < -0.3 is 15.6 Å². The molecule has 0 aliphatic rings. The second kappa shape index (κ2) is 5.73. The van der Waals surface area contributed by atoms with Crippen LogP contribution in [0.4, 0.5) is 0 Å². The lowest BCUT2D eigenvalue weighted by Gasteiger charge is -2.11. The molecule has 0 aliphatic heterocycles. The van der Waals surface area contributed by atoms with E-state index >= 15 is 0 Å². The van der Waals surface area contributed by atoms with Crippen molar-refractivity contribution >= 4 is 17.5 Å². The normalized spacial score (nSPS) is 10.2. The summed E-state index contributed by atoms with van der Waals surface area (Å²) in [6.07, 6.45) is 0. The van der Waals surface area contributed by atoms with Gasteiger partial charge in [0.05, 0.1) is 6.61 Å². The number of primary amides is 1. The van der Waals surface area contributed by atoms with E-state index in [2.05, 4.69) is 0 Å². The molecule has 5 heteroatoms. The lowest BCUT2D eigenvalue weighted by Crippen LogP contribution is -2.10. The molecule has 0 atom stereocenters. The van der Waals surface area contributed by atoms with Gasteiger partial charge in [0, 0.05) is 16.1 Å². The number of nitrogens with two attached hydrogens (primary N) is 1. The van der Waals surface area contributed by atoms with Gasteiger partial charge in [0.1, 0.15) is 11.5 Å². The van der Waals surface area contributed by atoms with Gasteiger partial charge in [-0.3, -0.25) is 4.79 Å². The molecular weight excluding hydrogens is 266 g/mol. The number of aliphatic hydroxyl groups excluding tert-OH is 1. The monoisotopic (exact) mass is 277 g/mol. The summed E-state index contributed by atoms with van der Waals surface area (Å²) in [7, 11) is 0. The molecule has 0 aliphatic carbocycles. The van der Waals surface area contributed by atoms with Crippen molar-refractivity contribution in [3.63, 3.8) is 0 Å². The van der Waals surface area contributed by atoms with Crippen LogP contribution >= 0.6 is 11.6 Å². The summed E-state index contributed by atoms with van der Waals surface area (Å²) < 4.78 is 5.62. The topological polar surface area (TPSA) is 72.6 Å². The molecule has 0 unspecified atom stereocenters. The molecule has 0 saturated carbocycles. The van der Waals surface area contributed by atoms with Crippen molar-refractivity contribution in [3.8, 4) is 11.5 Å². The van der Waals surface area contributed by atoms with Crippen LogP contribution in [0.25, 0.3) is 0 Å². The molecule has 4 nitrogen and oxygen atoms in total. The summed E-state index contributed by atoms with van der Waals surface area (Å²) in [6, 6.07) is 11.5. The minimum atomic E-state index is -0.495. The van der Waals surface area contributed by atoms with E-state index in [1.54, 1.807) is 42.5 Å². The lowest BCUT2D eigenvalue weighted by molar-refractivity contribution is 0.100. The van der Waals surface area contributed by atoms with Gasteiger partial charge in [-0.05, 0) is 36.4 Å². The molecule has 0 bridgehead atoms. The predicted octanol–water partition coefficient (Wildman–Crippen LogP) is 2.72. The first-order valence-corrected chi connectivity index (χ1v) is 5.95. The SMILES string of the molecule is NC(=O)c1ccc(Oc2cccc(Cl)c2CO)cc1. The second-order valence-corrected chi connectivity index (χ2v) is 4.27. The Bertz CT molecular complexity index is 596. The zero-order valence-corrected chi connectivity index (χ0v) is 10.7. The van der Waals surface area contributed by atoms with Crippen LogP contribution in [0, 0.1) is 0 Å². The Labute approximate surface area is 115 Å². The number of carbonyl (C=O) groups excluding carboxylic acids is 1. The van der Waals surface area contributed by atoms with E-state index in [1.165, 1.54) is 0 Å². The van der Waals surface area contributed by atoms with E-state index in [9.17, 15) is 9.90 Å². The van der Waals surface area contributed by atoms with Crippen molar-refractivity contribution in [2.24, 2.45) is 5.73 Å². The standard InChI is InChI=1S/C14H12ClNO3/c15-12-2-1-3-13(11(12)8-17)19-10-6-4-9(5-7-10)14(16)18/h1-7,17H,8H2,(H2,16,18). The molecule has 0 fully saturated rings. The summed E-state index contributed by atoms with van der Waals surface area (Å²) in [6.45, 7) is -0.214. The Kier molecular flexibility index (Phi) is 4.04. The molecule has 0 heterocycles. The minimum absolute atomic E-state index is 0.214. The Hall–Kier alpha value is -2.04. The molecule has 0 spiro atoms. The predicted molar refractivity (Wildman–Crippen MR) is 72.4 cm³/mol. The fourth-order valence-electron chi connectivity index (χ4n) is 1.60. The molecular formula is C14H12ClNO3. The van der Waals surface area contributed by atoms with E-state index in [0.717, 1.165) is 0 Å². The van der Waals surface area contributed by atoms with Gasteiger partial charge in [-0.1, -0.05) is 17.7 Å². The van der Waals surface area contributed by atoms with E-state index in [-0.39, 0.29) is 6.61 Å². The fourth-order valence-corrected chi connectivity index (χ4v) is 1.83. The number of hydrogen-bond acceptors (Lipinski definition) is 3. The number of benzene rings is 2. The quantitative estimate of drug-likeness (QED) is 0.902. The number of halogens is 1. The summed E-state index contributed by atoms with van der Waals surface area (Å²) in [5.74, 6) is 0.508. The van der Waals surface area contributed by atoms with Gasteiger partial charge in [-0.15, -0.1) is 0 Å². The van der Waals surface area contributed by atoms with Crippen LogP contribution in [-0.4, -0.2) is 11.0 Å². The van der Waals surface area contributed by atoms with Gasteiger partial charge in [0.2, 0.25) is 5.91 Å². The molecule has 2 rings (SSSR count). The van der Waals surface area contributed by atoms with E-state index < -0.39 is 5.91 Å².